The topological polar surface area (TPSA) is 52.6 Å². The standard InChI is InChI=1S/C18H29N5O/c1-15(2)23-9-3-6-16(14-23)17(24)21-10-5-11-22(13-12-21)18-19-7-4-8-20-18/h4,7-8,15-16H,3,5-6,9-14H2,1-2H3. The van der Waals surface area contributed by atoms with Gasteiger partial charge in [-0.05, 0) is 45.7 Å². The number of anilines is 1. The van der Waals surface area contributed by atoms with Crippen LogP contribution >= 0.6 is 0 Å². The maximum absolute atomic E-state index is 13.0. The predicted molar refractivity (Wildman–Crippen MR) is 94.9 cm³/mol. The van der Waals surface area contributed by atoms with Crippen molar-refractivity contribution in [3.8, 4) is 0 Å². The average Bonchev–Trinajstić information content (AvgIpc) is 2.88. The van der Waals surface area contributed by atoms with Gasteiger partial charge >= 0.3 is 0 Å². The van der Waals surface area contributed by atoms with Crippen LogP contribution in [0.15, 0.2) is 18.5 Å². The van der Waals surface area contributed by atoms with Crippen LogP contribution in [0.3, 0.4) is 0 Å². The molecule has 0 radical (unpaired) electrons. The fourth-order valence-electron chi connectivity index (χ4n) is 3.73. The quantitative estimate of drug-likeness (QED) is 0.843. The third-order valence-corrected chi connectivity index (χ3v) is 5.17. The van der Waals surface area contributed by atoms with E-state index in [0.29, 0.717) is 11.9 Å². The summed E-state index contributed by atoms with van der Waals surface area (Å²) in [7, 11) is 0. The van der Waals surface area contributed by atoms with Crippen molar-refractivity contribution in [3.05, 3.63) is 18.5 Å². The molecular weight excluding hydrogens is 302 g/mol. The molecule has 2 saturated heterocycles. The molecule has 24 heavy (non-hydrogen) atoms. The first-order valence-electron chi connectivity index (χ1n) is 9.20. The van der Waals surface area contributed by atoms with Crippen molar-refractivity contribution in [1.82, 2.24) is 19.8 Å². The largest absolute Gasteiger partial charge is 0.341 e. The lowest BCUT2D eigenvalue weighted by atomic mass is 9.95. The van der Waals surface area contributed by atoms with E-state index >= 15 is 0 Å². The minimum atomic E-state index is 0.167. The lowest BCUT2D eigenvalue weighted by Crippen LogP contribution is -2.47. The number of carbonyl (C=O) groups excluding carboxylic acids is 1. The number of piperidine rings is 1. The zero-order chi connectivity index (χ0) is 16.9. The molecule has 0 aliphatic carbocycles. The molecule has 2 aliphatic rings. The van der Waals surface area contributed by atoms with Crippen molar-refractivity contribution in [2.45, 2.75) is 39.2 Å². The first kappa shape index (κ1) is 17.1. The van der Waals surface area contributed by atoms with Crippen LogP contribution in [0, 0.1) is 5.92 Å². The van der Waals surface area contributed by atoms with E-state index in [2.05, 4.69) is 38.5 Å². The summed E-state index contributed by atoms with van der Waals surface area (Å²) < 4.78 is 0. The first-order valence-corrected chi connectivity index (χ1v) is 9.20. The van der Waals surface area contributed by atoms with E-state index < -0.39 is 0 Å². The van der Waals surface area contributed by atoms with Crippen molar-refractivity contribution in [3.63, 3.8) is 0 Å². The summed E-state index contributed by atoms with van der Waals surface area (Å²) in [5.74, 6) is 1.28. The van der Waals surface area contributed by atoms with E-state index in [-0.39, 0.29) is 5.92 Å². The van der Waals surface area contributed by atoms with Gasteiger partial charge in [0.15, 0.2) is 0 Å². The minimum Gasteiger partial charge on any atom is -0.341 e. The molecule has 0 aromatic carbocycles. The highest BCUT2D eigenvalue weighted by molar-refractivity contribution is 5.79. The van der Waals surface area contributed by atoms with Crippen LogP contribution in [0.1, 0.15) is 33.1 Å². The van der Waals surface area contributed by atoms with Crippen molar-refractivity contribution in [2.24, 2.45) is 5.92 Å². The van der Waals surface area contributed by atoms with E-state index in [1.54, 1.807) is 12.4 Å². The molecule has 2 fully saturated rings. The molecule has 6 nitrogen and oxygen atoms in total. The van der Waals surface area contributed by atoms with Gasteiger partial charge in [-0.25, -0.2) is 9.97 Å². The summed E-state index contributed by atoms with van der Waals surface area (Å²) in [6, 6.07) is 2.36. The van der Waals surface area contributed by atoms with Crippen LogP contribution < -0.4 is 4.90 Å². The number of hydrogen-bond donors (Lipinski definition) is 0. The smallest absolute Gasteiger partial charge is 0.227 e. The van der Waals surface area contributed by atoms with Crippen LogP contribution in [0.4, 0.5) is 5.95 Å². The maximum Gasteiger partial charge on any atom is 0.227 e. The molecule has 0 spiro atoms. The minimum absolute atomic E-state index is 0.167. The Morgan fingerprint density at radius 3 is 2.62 bits per heavy atom. The van der Waals surface area contributed by atoms with Crippen LogP contribution in [-0.4, -0.2) is 71.0 Å². The third kappa shape index (κ3) is 4.04. The molecule has 2 aliphatic heterocycles. The van der Waals surface area contributed by atoms with Crippen LogP contribution in [0.5, 0.6) is 0 Å². The summed E-state index contributed by atoms with van der Waals surface area (Å²) in [5, 5.41) is 0. The molecule has 3 heterocycles. The average molecular weight is 331 g/mol. The molecule has 1 unspecified atom stereocenters. The summed E-state index contributed by atoms with van der Waals surface area (Å²) in [6.07, 6.45) is 6.69. The summed E-state index contributed by atoms with van der Waals surface area (Å²) >= 11 is 0. The van der Waals surface area contributed by atoms with Gasteiger partial charge in [-0.3, -0.25) is 4.79 Å². The number of carbonyl (C=O) groups is 1. The monoisotopic (exact) mass is 331 g/mol. The Hall–Kier alpha value is -1.69. The number of nitrogens with zero attached hydrogens (tertiary/aromatic N) is 5. The van der Waals surface area contributed by atoms with Gasteiger partial charge in [0, 0.05) is 51.2 Å². The van der Waals surface area contributed by atoms with Gasteiger partial charge in [0.1, 0.15) is 0 Å². The summed E-state index contributed by atoms with van der Waals surface area (Å²) in [6.45, 7) is 9.83. The van der Waals surface area contributed by atoms with Gasteiger partial charge in [-0.2, -0.15) is 0 Å². The Morgan fingerprint density at radius 1 is 1.08 bits per heavy atom. The predicted octanol–water partition coefficient (Wildman–Crippen LogP) is 1.64. The van der Waals surface area contributed by atoms with E-state index in [4.69, 9.17) is 0 Å². The Labute approximate surface area is 144 Å². The second-order valence-corrected chi connectivity index (χ2v) is 7.14. The van der Waals surface area contributed by atoms with E-state index in [1.165, 1.54) is 0 Å². The maximum atomic E-state index is 13.0. The summed E-state index contributed by atoms with van der Waals surface area (Å²) in [4.78, 5) is 28.3. The molecule has 1 aromatic rings. The highest BCUT2D eigenvalue weighted by atomic mass is 16.2. The molecule has 0 N–H and O–H groups in total. The van der Waals surface area contributed by atoms with Crippen molar-refractivity contribution < 1.29 is 4.79 Å². The van der Waals surface area contributed by atoms with Crippen LogP contribution in [-0.2, 0) is 4.79 Å². The molecule has 6 heteroatoms. The molecule has 1 atom stereocenters. The van der Waals surface area contributed by atoms with E-state index in [9.17, 15) is 4.79 Å². The zero-order valence-corrected chi connectivity index (χ0v) is 14.9. The number of aromatic nitrogens is 2. The number of likely N-dealkylation sites (tertiary alicyclic amines) is 1. The van der Waals surface area contributed by atoms with Gasteiger partial charge in [0.25, 0.3) is 0 Å². The van der Waals surface area contributed by atoms with Crippen molar-refractivity contribution >= 4 is 11.9 Å². The summed E-state index contributed by atoms with van der Waals surface area (Å²) in [5.41, 5.74) is 0. The Balaban J connectivity index is 1.58. The lowest BCUT2D eigenvalue weighted by Gasteiger charge is -2.36. The second kappa shape index (κ2) is 7.92. The van der Waals surface area contributed by atoms with Gasteiger partial charge in [-0.15, -0.1) is 0 Å². The fraction of sp³-hybridized carbons (Fsp3) is 0.722. The number of rotatable bonds is 3. The lowest BCUT2D eigenvalue weighted by molar-refractivity contribution is -0.137. The van der Waals surface area contributed by atoms with E-state index in [1.807, 2.05) is 6.07 Å². The van der Waals surface area contributed by atoms with E-state index in [0.717, 1.165) is 64.5 Å². The molecule has 1 amide bonds. The Kier molecular flexibility index (Phi) is 5.66. The molecule has 1 aromatic heterocycles. The van der Waals surface area contributed by atoms with Gasteiger partial charge in [0.2, 0.25) is 11.9 Å². The molecule has 0 bridgehead atoms. The molecular formula is C18H29N5O. The molecule has 132 valence electrons. The number of hydrogen-bond acceptors (Lipinski definition) is 5. The Bertz CT molecular complexity index is 535. The fourth-order valence-corrected chi connectivity index (χ4v) is 3.73. The Morgan fingerprint density at radius 2 is 1.88 bits per heavy atom. The highest BCUT2D eigenvalue weighted by Gasteiger charge is 2.31. The van der Waals surface area contributed by atoms with Gasteiger partial charge in [0.05, 0.1) is 5.92 Å². The van der Waals surface area contributed by atoms with Crippen molar-refractivity contribution in [2.75, 3.05) is 44.2 Å². The molecule has 0 saturated carbocycles. The normalized spacial score (nSPS) is 23.4. The third-order valence-electron chi connectivity index (χ3n) is 5.17. The van der Waals surface area contributed by atoms with Gasteiger partial charge < -0.3 is 14.7 Å². The zero-order valence-electron chi connectivity index (χ0n) is 14.9. The number of amides is 1. The SMILES string of the molecule is CC(C)N1CCCC(C(=O)N2CCCN(c3ncccn3)CC2)C1. The van der Waals surface area contributed by atoms with Crippen LogP contribution in [0.2, 0.25) is 0 Å². The highest BCUT2D eigenvalue weighted by Crippen LogP contribution is 2.21. The van der Waals surface area contributed by atoms with Crippen LogP contribution in [0.25, 0.3) is 0 Å². The van der Waals surface area contributed by atoms with Gasteiger partial charge in [-0.1, -0.05) is 0 Å². The second-order valence-electron chi connectivity index (χ2n) is 7.14. The first-order chi connectivity index (χ1) is 11.6. The molecule has 3 rings (SSSR count). The van der Waals surface area contributed by atoms with Crippen molar-refractivity contribution in [1.29, 1.82) is 0 Å².